The van der Waals surface area contributed by atoms with E-state index < -0.39 is 0 Å². The van der Waals surface area contributed by atoms with Gasteiger partial charge in [-0.25, -0.2) is 4.98 Å². The Morgan fingerprint density at radius 2 is 2.29 bits per heavy atom. The third-order valence-corrected chi connectivity index (χ3v) is 2.38. The van der Waals surface area contributed by atoms with Gasteiger partial charge in [0.05, 0.1) is 11.1 Å². The quantitative estimate of drug-likeness (QED) is 0.786. The first-order chi connectivity index (χ1) is 8.26. The maximum atomic E-state index is 11.9. The van der Waals surface area contributed by atoms with E-state index in [1.165, 1.54) is 0 Å². The highest BCUT2D eigenvalue weighted by Gasteiger charge is 2.11. The van der Waals surface area contributed by atoms with Crippen LogP contribution in [0.5, 0.6) is 0 Å². The SMILES string of the molecule is C=CCNC(=O)c1cccc2[nH]c(C=C)nc12. The molecule has 2 rings (SSSR count). The van der Waals surface area contributed by atoms with Gasteiger partial charge in [-0.1, -0.05) is 18.7 Å². The number of aromatic amines is 1. The van der Waals surface area contributed by atoms with Gasteiger partial charge in [-0.2, -0.15) is 0 Å². The molecule has 0 aliphatic rings. The van der Waals surface area contributed by atoms with Gasteiger partial charge in [0.25, 0.3) is 5.91 Å². The summed E-state index contributed by atoms with van der Waals surface area (Å²) in [5, 5.41) is 2.73. The van der Waals surface area contributed by atoms with Crippen LogP contribution in [0.3, 0.4) is 0 Å². The molecule has 1 amide bonds. The molecule has 1 aromatic heterocycles. The van der Waals surface area contributed by atoms with E-state index >= 15 is 0 Å². The normalized spacial score (nSPS) is 10.1. The maximum absolute atomic E-state index is 11.9. The third-order valence-electron chi connectivity index (χ3n) is 2.38. The van der Waals surface area contributed by atoms with E-state index in [1.807, 2.05) is 12.1 Å². The number of fused-ring (bicyclic) bond motifs is 1. The molecule has 0 spiro atoms. The second-order valence-electron chi connectivity index (χ2n) is 3.53. The van der Waals surface area contributed by atoms with Crippen LogP contribution in [-0.4, -0.2) is 22.4 Å². The molecule has 0 fully saturated rings. The van der Waals surface area contributed by atoms with E-state index in [9.17, 15) is 4.79 Å². The van der Waals surface area contributed by atoms with Crippen molar-refractivity contribution in [3.8, 4) is 0 Å². The van der Waals surface area contributed by atoms with Gasteiger partial charge in [0, 0.05) is 6.54 Å². The molecule has 1 aromatic carbocycles. The first-order valence-corrected chi connectivity index (χ1v) is 5.26. The number of carbonyl (C=O) groups is 1. The summed E-state index contributed by atoms with van der Waals surface area (Å²) in [4.78, 5) is 19.2. The molecule has 0 bridgehead atoms. The molecule has 0 aliphatic carbocycles. The van der Waals surface area contributed by atoms with Crippen molar-refractivity contribution >= 4 is 23.0 Å². The molecule has 0 radical (unpaired) electrons. The van der Waals surface area contributed by atoms with Gasteiger partial charge in [-0.15, -0.1) is 6.58 Å². The Bertz CT molecular complexity index is 583. The lowest BCUT2D eigenvalue weighted by Gasteiger charge is -2.02. The number of amides is 1. The summed E-state index contributed by atoms with van der Waals surface area (Å²) in [5.74, 6) is 0.501. The predicted octanol–water partition coefficient (Wildman–Crippen LogP) is 2.12. The fraction of sp³-hybridized carbons (Fsp3) is 0.0769. The highest BCUT2D eigenvalue weighted by Crippen LogP contribution is 2.16. The van der Waals surface area contributed by atoms with Gasteiger partial charge >= 0.3 is 0 Å². The molecule has 0 saturated heterocycles. The van der Waals surface area contributed by atoms with Gasteiger partial charge in [-0.05, 0) is 18.2 Å². The monoisotopic (exact) mass is 227 g/mol. The fourth-order valence-corrected chi connectivity index (χ4v) is 1.59. The summed E-state index contributed by atoms with van der Waals surface area (Å²) >= 11 is 0. The van der Waals surface area contributed by atoms with Crippen LogP contribution >= 0.6 is 0 Å². The van der Waals surface area contributed by atoms with Gasteiger partial charge in [0.1, 0.15) is 11.3 Å². The van der Waals surface area contributed by atoms with Crippen molar-refractivity contribution in [3.63, 3.8) is 0 Å². The number of H-pyrrole nitrogens is 1. The molecular weight excluding hydrogens is 214 g/mol. The molecule has 0 aliphatic heterocycles. The number of hydrogen-bond donors (Lipinski definition) is 2. The maximum Gasteiger partial charge on any atom is 0.253 e. The number of nitrogens with zero attached hydrogens (tertiary/aromatic N) is 1. The summed E-state index contributed by atoms with van der Waals surface area (Å²) in [7, 11) is 0. The van der Waals surface area contributed by atoms with Crippen molar-refractivity contribution in [1.29, 1.82) is 0 Å². The smallest absolute Gasteiger partial charge is 0.253 e. The Hall–Kier alpha value is -2.36. The standard InChI is InChI=1S/C13H13N3O/c1-3-8-14-13(17)9-6-5-7-10-12(9)16-11(4-2)15-10/h3-7H,1-2,8H2,(H,14,17)(H,15,16). The van der Waals surface area contributed by atoms with E-state index in [4.69, 9.17) is 0 Å². The second kappa shape index (κ2) is 4.65. The zero-order chi connectivity index (χ0) is 12.3. The minimum absolute atomic E-state index is 0.155. The van der Waals surface area contributed by atoms with Crippen LogP contribution < -0.4 is 5.32 Å². The minimum Gasteiger partial charge on any atom is -0.349 e. The Morgan fingerprint density at radius 3 is 3.00 bits per heavy atom. The van der Waals surface area contributed by atoms with Gasteiger partial charge in [-0.3, -0.25) is 4.79 Å². The summed E-state index contributed by atoms with van der Waals surface area (Å²) in [5.41, 5.74) is 2.03. The Balaban J connectivity index is 2.45. The number of aromatic nitrogens is 2. The minimum atomic E-state index is -0.155. The van der Waals surface area contributed by atoms with Gasteiger partial charge < -0.3 is 10.3 Å². The molecule has 1 heterocycles. The largest absolute Gasteiger partial charge is 0.349 e. The zero-order valence-electron chi connectivity index (χ0n) is 9.36. The summed E-state index contributed by atoms with van der Waals surface area (Å²) in [6.45, 7) is 7.64. The number of hydrogen-bond acceptors (Lipinski definition) is 2. The molecule has 2 N–H and O–H groups in total. The topological polar surface area (TPSA) is 57.8 Å². The number of carbonyl (C=O) groups excluding carboxylic acids is 1. The summed E-state index contributed by atoms with van der Waals surface area (Å²) < 4.78 is 0. The predicted molar refractivity (Wildman–Crippen MR) is 68.7 cm³/mol. The molecule has 0 atom stereocenters. The van der Waals surface area contributed by atoms with Crippen LogP contribution in [-0.2, 0) is 0 Å². The number of imidazole rings is 1. The van der Waals surface area contributed by atoms with Crippen molar-refractivity contribution < 1.29 is 4.79 Å². The van der Waals surface area contributed by atoms with Crippen molar-refractivity contribution in [1.82, 2.24) is 15.3 Å². The summed E-state index contributed by atoms with van der Waals surface area (Å²) in [6.07, 6.45) is 3.25. The van der Waals surface area contributed by atoms with Crippen LogP contribution in [0.15, 0.2) is 37.4 Å². The van der Waals surface area contributed by atoms with Crippen molar-refractivity contribution in [2.75, 3.05) is 6.54 Å². The Morgan fingerprint density at radius 1 is 1.47 bits per heavy atom. The highest BCUT2D eigenvalue weighted by atomic mass is 16.1. The molecule has 0 unspecified atom stereocenters. The van der Waals surface area contributed by atoms with E-state index in [1.54, 1.807) is 18.2 Å². The number of para-hydroxylation sites is 1. The van der Waals surface area contributed by atoms with Crippen LogP contribution in [0.1, 0.15) is 16.2 Å². The lowest BCUT2D eigenvalue weighted by atomic mass is 10.1. The van der Waals surface area contributed by atoms with Gasteiger partial charge in [0.2, 0.25) is 0 Å². The molecular formula is C13H13N3O. The molecule has 2 aromatic rings. The first kappa shape index (κ1) is 11.1. The Labute approximate surface area is 99.1 Å². The lowest BCUT2D eigenvalue weighted by molar-refractivity contribution is 0.0959. The number of nitrogens with one attached hydrogen (secondary N) is 2. The van der Waals surface area contributed by atoms with Crippen LogP contribution in [0, 0.1) is 0 Å². The van der Waals surface area contributed by atoms with Crippen molar-refractivity contribution in [2.45, 2.75) is 0 Å². The molecule has 0 saturated carbocycles. The average Bonchev–Trinajstić information content (AvgIpc) is 2.78. The van der Waals surface area contributed by atoms with Crippen molar-refractivity contribution in [3.05, 3.63) is 48.8 Å². The van der Waals surface area contributed by atoms with Crippen LogP contribution in [0.2, 0.25) is 0 Å². The number of rotatable bonds is 4. The van der Waals surface area contributed by atoms with E-state index in [-0.39, 0.29) is 5.91 Å². The first-order valence-electron chi connectivity index (χ1n) is 5.26. The third kappa shape index (κ3) is 2.10. The highest BCUT2D eigenvalue weighted by molar-refractivity contribution is 6.05. The average molecular weight is 227 g/mol. The summed E-state index contributed by atoms with van der Waals surface area (Å²) in [6, 6.07) is 5.43. The van der Waals surface area contributed by atoms with Crippen molar-refractivity contribution in [2.24, 2.45) is 0 Å². The fourth-order valence-electron chi connectivity index (χ4n) is 1.59. The second-order valence-corrected chi connectivity index (χ2v) is 3.53. The Kier molecular flexibility index (Phi) is 3.05. The van der Waals surface area contributed by atoms with Gasteiger partial charge in [0.15, 0.2) is 0 Å². The molecule has 4 nitrogen and oxygen atoms in total. The van der Waals surface area contributed by atoms with E-state index in [0.29, 0.717) is 23.4 Å². The lowest BCUT2D eigenvalue weighted by Crippen LogP contribution is -2.23. The molecule has 17 heavy (non-hydrogen) atoms. The number of benzene rings is 1. The van der Waals surface area contributed by atoms with Crippen LogP contribution in [0.25, 0.3) is 17.1 Å². The molecule has 4 heteroatoms. The zero-order valence-corrected chi connectivity index (χ0v) is 9.36. The van der Waals surface area contributed by atoms with E-state index in [2.05, 4.69) is 28.4 Å². The van der Waals surface area contributed by atoms with E-state index in [0.717, 1.165) is 5.52 Å². The van der Waals surface area contributed by atoms with Crippen LogP contribution in [0.4, 0.5) is 0 Å². The molecule has 86 valence electrons.